The van der Waals surface area contributed by atoms with Gasteiger partial charge in [0, 0.05) is 4.47 Å². The molecule has 0 radical (unpaired) electrons. The molecule has 5 heteroatoms. The van der Waals surface area contributed by atoms with Crippen molar-refractivity contribution in [2.45, 2.75) is 4.90 Å². The maximum Gasteiger partial charge on any atom is 0.210 e. The van der Waals surface area contributed by atoms with E-state index in [-0.39, 0.29) is 9.80 Å². The Balaban J connectivity index is 2.77. The van der Waals surface area contributed by atoms with E-state index in [0.717, 1.165) is 0 Å². The maximum atomic E-state index is 11.6. The molecule has 0 amide bonds. The van der Waals surface area contributed by atoms with Crippen molar-refractivity contribution in [3.63, 3.8) is 0 Å². The lowest BCUT2D eigenvalue weighted by Crippen LogP contribution is -2.01. The molecule has 0 N–H and O–H groups in total. The number of carbonyl (C=O) groups excluding carboxylic acids is 1. The van der Waals surface area contributed by atoms with Crippen molar-refractivity contribution >= 4 is 38.1 Å². The summed E-state index contributed by atoms with van der Waals surface area (Å²) in [4.78, 5) is 10.5. The molecule has 1 heterocycles. The molecule has 2 rings (SSSR count). The maximum absolute atomic E-state index is 11.6. The summed E-state index contributed by atoms with van der Waals surface area (Å²) in [5.74, 6) is 0. The highest BCUT2D eigenvalue weighted by Crippen LogP contribution is 2.33. The average molecular weight is 273 g/mol. The second kappa shape index (κ2) is 3.03. The lowest BCUT2D eigenvalue weighted by atomic mass is 10.2. The SMILES string of the molecule is O=CC1=Cc2ccc(Br)cc2S1(=O)=O. The fraction of sp³-hybridized carbons (Fsp3) is 0. The van der Waals surface area contributed by atoms with Crippen LogP contribution in [-0.4, -0.2) is 14.7 Å². The van der Waals surface area contributed by atoms with E-state index in [0.29, 0.717) is 16.3 Å². The van der Waals surface area contributed by atoms with E-state index in [1.54, 1.807) is 12.1 Å². The Hall–Kier alpha value is -0.940. The summed E-state index contributed by atoms with van der Waals surface area (Å²) in [6.45, 7) is 0. The highest BCUT2D eigenvalue weighted by atomic mass is 79.9. The van der Waals surface area contributed by atoms with E-state index in [4.69, 9.17) is 0 Å². The quantitative estimate of drug-likeness (QED) is 0.733. The van der Waals surface area contributed by atoms with Crippen molar-refractivity contribution < 1.29 is 13.2 Å². The first kappa shape index (κ1) is 9.61. The van der Waals surface area contributed by atoms with Gasteiger partial charge in [0.25, 0.3) is 0 Å². The molecule has 1 aromatic carbocycles. The van der Waals surface area contributed by atoms with Crippen LogP contribution in [0.25, 0.3) is 6.08 Å². The van der Waals surface area contributed by atoms with Gasteiger partial charge in [-0.2, -0.15) is 0 Å². The summed E-state index contributed by atoms with van der Waals surface area (Å²) >= 11 is 3.18. The second-order valence-corrected chi connectivity index (χ2v) is 5.68. The van der Waals surface area contributed by atoms with Crippen molar-refractivity contribution in [2.75, 3.05) is 0 Å². The van der Waals surface area contributed by atoms with E-state index < -0.39 is 9.84 Å². The van der Waals surface area contributed by atoms with Gasteiger partial charge in [0.2, 0.25) is 9.84 Å². The first-order valence-electron chi connectivity index (χ1n) is 3.77. The fourth-order valence-electron chi connectivity index (χ4n) is 1.32. The highest BCUT2D eigenvalue weighted by Gasteiger charge is 2.29. The number of hydrogen-bond donors (Lipinski definition) is 0. The summed E-state index contributed by atoms with van der Waals surface area (Å²) in [6.07, 6.45) is 1.74. The van der Waals surface area contributed by atoms with Gasteiger partial charge in [0.15, 0.2) is 6.29 Å². The molecule has 0 spiro atoms. The molecule has 72 valence electrons. The molecule has 0 unspecified atom stereocenters. The molecule has 0 saturated heterocycles. The van der Waals surface area contributed by atoms with E-state index in [9.17, 15) is 13.2 Å². The van der Waals surface area contributed by atoms with Gasteiger partial charge in [-0.3, -0.25) is 4.79 Å². The summed E-state index contributed by atoms with van der Waals surface area (Å²) in [5.41, 5.74) is 0.565. The van der Waals surface area contributed by atoms with Crippen LogP contribution in [-0.2, 0) is 14.6 Å². The Bertz CT molecular complexity index is 543. The number of aldehydes is 1. The zero-order chi connectivity index (χ0) is 10.3. The van der Waals surface area contributed by atoms with E-state index in [1.807, 2.05) is 0 Å². The van der Waals surface area contributed by atoms with Crippen LogP contribution in [0, 0.1) is 0 Å². The zero-order valence-corrected chi connectivity index (χ0v) is 9.30. The molecule has 1 aliphatic rings. The number of hydrogen-bond acceptors (Lipinski definition) is 3. The van der Waals surface area contributed by atoms with Gasteiger partial charge in [0.1, 0.15) is 4.91 Å². The number of rotatable bonds is 1. The number of benzene rings is 1. The van der Waals surface area contributed by atoms with Crippen LogP contribution in [0.15, 0.2) is 32.5 Å². The molecule has 1 aliphatic heterocycles. The van der Waals surface area contributed by atoms with E-state index in [1.165, 1.54) is 12.1 Å². The van der Waals surface area contributed by atoms with Crippen LogP contribution >= 0.6 is 15.9 Å². The van der Waals surface area contributed by atoms with Crippen molar-refractivity contribution in [3.8, 4) is 0 Å². The third-order valence-corrected chi connectivity index (χ3v) is 4.25. The summed E-state index contributed by atoms with van der Waals surface area (Å²) in [6, 6.07) is 4.89. The Morgan fingerprint density at radius 3 is 2.64 bits per heavy atom. The Labute approximate surface area is 89.5 Å². The van der Waals surface area contributed by atoms with Crippen LogP contribution in [0.1, 0.15) is 5.56 Å². The molecule has 0 saturated carbocycles. The second-order valence-electron chi connectivity index (χ2n) is 2.85. The van der Waals surface area contributed by atoms with Crippen molar-refractivity contribution in [3.05, 3.63) is 33.1 Å². The molecule has 3 nitrogen and oxygen atoms in total. The molecule has 0 atom stereocenters. The Morgan fingerprint density at radius 2 is 2.00 bits per heavy atom. The van der Waals surface area contributed by atoms with Crippen LogP contribution < -0.4 is 0 Å². The Morgan fingerprint density at radius 1 is 1.29 bits per heavy atom. The normalized spacial score (nSPS) is 17.4. The largest absolute Gasteiger partial charge is 0.297 e. The van der Waals surface area contributed by atoms with Crippen molar-refractivity contribution in [1.29, 1.82) is 0 Å². The van der Waals surface area contributed by atoms with Crippen LogP contribution in [0.2, 0.25) is 0 Å². The highest BCUT2D eigenvalue weighted by molar-refractivity contribution is 9.10. The van der Waals surface area contributed by atoms with Gasteiger partial charge < -0.3 is 0 Å². The van der Waals surface area contributed by atoms with Crippen LogP contribution in [0.3, 0.4) is 0 Å². The lowest BCUT2D eigenvalue weighted by molar-refractivity contribution is -0.104. The van der Waals surface area contributed by atoms with Gasteiger partial charge in [0.05, 0.1) is 4.90 Å². The minimum absolute atomic E-state index is 0.175. The van der Waals surface area contributed by atoms with Crippen molar-refractivity contribution in [2.24, 2.45) is 0 Å². The number of allylic oxidation sites excluding steroid dienone is 1. The lowest BCUT2D eigenvalue weighted by Gasteiger charge is -1.98. The average Bonchev–Trinajstić information content (AvgIpc) is 2.38. The first-order chi connectivity index (χ1) is 6.55. The summed E-state index contributed by atoms with van der Waals surface area (Å²) in [5, 5.41) is 0. The van der Waals surface area contributed by atoms with Gasteiger partial charge in [-0.1, -0.05) is 22.0 Å². The van der Waals surface area contributed by atoms with Crippen LogP contribution in [0.5, 0.6) is 0 Å². The number of halogens is 1. The molecule has 14 heavy (non-hydrogen) atoms. The molecule has 0 aliphatic carbocycles. The third-order valence-electron chi connectivity index (χ3n) is 1.99. The third kappa shape index (κ3) is 1.24. The molecule has 1 aromatic rings. The van der Waals surface area contributed by atoms with Crippen molar-refractivity contribution in [1.82, 2.24) is 0 Å². The first-order valence-corrected chi connectivity index (χ1v) is 6.05. The number of carbonyl (C=O) groups is 1. The minimum atomic E-state index is -3.56. The van der Waals surface area contributed by atoms with Gasteiger partial charge >= 0.3 is 0 Å². The molecule has 0 bridgehead atoms. The van der Waals surface area contributed by atoms with E-state index in [2.05, 4.69) is 15.9 Å². The molecular weight excluding hydrogens is 268 g/mol. The molecule has 0 aromatic heterocycles. The van der Waals surface area contributed by atoms with E-state index >= 15 is 0 Å². The minimum Gasteiger partial charge on any atom is -0.297 e. The standard InChI is InChI=1S/C9H5BrO3S/c10-7-2-1-6-3-8(5-11)14(12,13)9(6)4-7/h1-5H. The predicted octanol–water partition coefficient (Wildman–Crippen LogP) is 1.78. The number of sulfone groups is 1. The molecule has 0 fully saturated rings. The number of fused-ring (bicyclic) bond motifs is 1. The zero-order valence-electron chi connectivity index (χ0n) is 6.90. The smallest absolute Gasteiger partial charge is 0.210 e. The summed E-state index contributed by atoms with van der Waals surface area (Å²) in [7, 11) is -3.56. The van der Waals surface area contributed by atoms with Crippen LogP contribution in [0.4, 0.5) is 0 Å². The predicted molar refractivity (Wildman–Crippen MR) is 55.4 cm³/mol. The monoisotopic (exact) mass is 272 g/mol. The summed E-state index contributed by atoms with van der Waals surface area (Å²) < 4.78 is 24.0. The van der Waals surface area contributed by atoms with Gasteiger partial charge in [-0.05, 0) is 23.8 Å². The van der Waals surface area contributed by atoms with Gasteiger partial charge in [-0.25, -0.2) is 8.42 Å². The topological polar surface area (TPSA) is 51.2 Å². The van der Waals surface area contributed by atoms with Gasteiger partial charge in [-0.15, -0.1) is 0 Å². The Kier molecular flexibility index (Phi) is 2.08. The molecular formula is C9H5BrO3S. The fourth-order valence-corrected chi connectivity index (χ4v) is 3.21.